The minimum Gasteiger partial charge on any atom is -0.396 e. The number of nitrogens with two attached hydrogens (primary N) is 1. The van der Waals surface area contributed by atoms with E-state index >= 15 is 0 Å². The van der Waals surface area contributed by atoms with E-state index in [0.717, 1.165) is 19.5 Å². The van der Waals surface area contributed by atoms with Crippen molar-refractivity contribution >= 4 is 23.1 Å². The third kappa shape index (κ3) is 2.52. The van der Waals surface area contributed by atoms with Crippen LogP contribution in [0.1, 0.15) is 6.42 Å². The molecule has 1 aliphatic heterocycles. The van der Waals surface area contributed by atoms with E-state index in [4.69, 9.17) is 17.3 Å². The molecule has 0 bridgehead atoms. The maximum absolute atomic E-state index is 5.81. The van der Waals surface area contributed by atoms with E-state index < -0.39 is 0 Å². The molecule has 5 heteroatoms. The maximum atomic E-state index is 5.81. The van der Waals surface area contributed by atoms with Crippen LogP contribution < -0.4 is 11.1 Å². The van der Waals surface area contributed by atoms with Gasteiger partial charge in [-0.2, -0.15) is 0 Å². The van der Waals surface area contributed by atoms with Crippen LogP contribution in [0.4, 0.5) is 11.5 Å². The molecule has 1 saturated heterocycles. The fourth-order valence-electron chi connectivity index (χ4n) is 1.81. The summed E-state index contributed by atoms with van der Waals surface area (Å²) in [6.45, 7) is 2.13. The van der Waals surface area contributed by atoms with Gasteiger partial charge in [-0.15, -0.1) is 0 Å². The number of likely N-dealkylation sites (N-methyl/N-ethyl adjacent to an activating group) is 1. The first-order valence-corrected chi connectivity index (χ1v) is 5.40. The normalized spacial score (nSPS) is 21.9. The zero-order valence-electron chi connectivity index (χ0n) is 8.70. The van der Waals surface area contributed by atoms with Crippen LogP contribution in [0.25, 0.3) is 0 Å². The number of nitrogens with zero attached hydrogens (tertiary/aromatic N) is 2. The summed E-state index contributed by atoms with van der Waals surface area (Å²) in [5.41, 5.74) is 6.45. The lowest BCUT2D eigenvalue weighted by Gasteiger charge is -2.14. The molecule has 3 N–H and O–H groups in total. The molecule has 1 aromatic rings. The number of aromatic nitrogens is 1. The molecule has 0 aliphatic carbocycles. The zero-order valence-corrected chi connectivity index (χ0v) is 9.46. The first kappa shape index (κ1) is 10.5. The lowest BCUT2D eigenvalue weighted by molar-refractivity contribution is 0.414. The highest BCUT2D eigenvalue weighted by atomic mass is 35.5. The van der Waals surface area contributed by atoms with E-state index in [1.54, 1.807) is 12.1 Å². The predicted octanol–water partition coefficient (Wildman–Crippen LogP) is 1.43. The third-order valence-corrected chi connectivity index (χ3v) is 2.84. The molecule has 1 aromatic heterocycles. The van der Waals surface area contributed by atoms with Gasteiger partial charge in [0.25, 0.3) is 0 Å². The Hall–Kier alpha value is -1.00. The van der Waals surface area contributed by atoms with Crippen LogP contribution in [0.5, 0.6) is 0 Å². The molecule has 2 rings (SSSR count). The van der Waals surface area contributed by atoms with Gasteiger partial charge in [0.1, 0.15) is 5.15 Å². The van der Waals surface area contributed by atoms with Gasteiger partial charge in [-0.1, -0.05) is 11.6 Å². The van der Waals surface area contributed by atoms with Gasteiger partial charge in [0.2, 0.25) is 0 Å². The first-order valence-electron chi connectivity index (χ1n) is 5.02. The van der Waals surface area contributed by atoms with Crippen LogP contribution in [0.3, 0.4) is 0 Å². The Morgan fingerprint density at radius 1 is 1.60 bits per heavy atom. The van der Waals surface area contributed by atoms with Crippen molar-refractivity contribution in [3.63, 3.8) is 0 Å². The molecule has 0 aromatic carbocycles. The van der Waals surface area contributed by atoms with Gasteiger partial charge < -0.3 is 16.0 Å². The molecule has 15 heavy (non-hydrogen) atoms. The molecule has 4 nitrogen and oxygen atoms in total. The zero-order chi connectivity index (χ0) is 10.8. The van der Waals surface area contributed by atoms with Crippen LogP contribution in [0, 0.1) is 0 Å². The van der Waals surface area contributed by atoms with Crippen LogP contribution in [-0.2, 0) is 0 Å². The maximum Gasteiger partial charge on any atom is 0.151 e. The second-order valence-corrected chi connectivity index (χ2v) is 4.35. The summed E-state index contributed by atoms with van der Waals surface area (Å²) in [5.74, 6) is 0.697. The minimum atomic E-state index is 0.420. The molecular weight excluding hydrogens is 212 g/mol. The van der Waals surface area contributed by atoms with E-state index in [0.29, 0.717) is 22.7 Å². The predicted molar refractivity (Wildman–Crippen MR) is 63.2 cm³/mol. The highest BCUT2D eigenvalue weighted by Crippen LogP contribution is 2.21. The summed E-state index contributed by atoms with van der Waals surface area (Å²) < 4.78 is 0. The van der Waals surface area contributed by atoms with Crippen LogP contribution in [0.2, 0.25) is 5.15 Å². The van der Waals surface area contributed by atoms with Crippen LogP contribution >= 0.6 is 11.6 Å². The Balaban J connectivity index is 2.07. The standard InChI is InChI=1S/C10H15ClN4/c1-15-5-4-7(6-15)13-10-8(12)2-3-9(11)14-10/h2-3,7H,4-6,12H2,1H3,(H,13,14). The SMILES string of the molecule is CN1CCC(Nc2nc(Cl)ccc2N)C1. The highest BCUT2D eigenvalue weighted by molar-refractivity contribution is 6.29. The lowest BCUT2D eigenvalue weighted by atomic mass is 10.2. The molecule has 1 atom stereocenters. The Bertz CT molecular complexity index is 355. The number of hydrogen-bond donors (Lipinski definition) is 2. The van der Waals surface area contributed by atoms with Crippen molar-refractivity contribution in [3.05, 3.63) is 17.3 Å². The summed E-state index contributed by atoms with van der Waals surface area (Å²) in [4.78, 5) is 6.45. The Labute approximate surface area is 94.4 Å². The van der Waals surface area contributed by atoms with Gasteiger partial charge >= 0.3 is 0 Å². The third-order valence-electron chi connectivity index (χ3n) is 2.62. The topological polar surface area (TPSA) is 54.2 Å². The average Bonchev–Trinajstić information content (AvgIpc) is 2.58. The summed E-state index contributed by atoms with van der Waals surface area (Å²) in [6, 6.07) is 3.89. The Morgan fingerprint density at radius 3 is 3.07 bits per heavy atom. The summed E-state index contributed by atoms with van der Waals surface area (Å²) in [5, 5.41) is 3.79. The van der Waals surface area contributed by atoms with Crippen molar-refractivity contribution in [2.24, 2.45) is 0 Å². The number of pyridine rings is 1. The van der Waals surface area contributed by atoms with Crippen molar-refractivity contribution in [2.75, 3.05) is 31.2 Å². The molecule has 0 spiro atoms. The van der Waals surface area contributed by atoms with Crippen molar-refractivity contribution in [1.29, 1.82) is 0 Å². The second kappa shape index (κ2) is 4.24. The number of anilines is 2. The van der Waals surface area contributed by atoms with Crippen molar-refractivity contribution in [3.8, 4) is 0 Å². The number of rotatable bonds is 2. The van der Waals surface area contributed by atoms with Gasteiger partial charge in [-0.05, 0) is 32.1 Å². The summed E-state index contributed by atoms with van der Waals surface area (Å²) in [7, 11) is 2.11. The number of nitrogen functional groups attached to an aromatic ring is 1. The quantitative estimate of drug-likeness (QED) is 0.750. The molecule has 0 saturated carbocycles. The molecule has 1 aliphatic rings. The number of likely N-dealkylation sites (tertiary alicyclic amines) is 1. The highest BCUT2D eigenvalue weighted by Gasteiger charge is 2.20. The summed E-state index contributed by atoms with van der Waals surface area (Å²) in [6.07, 6.45) is 1.12. The number of hydrogen-bond acceptors (Lipinski definition) is 4. The largest absolute Gasteiger partial charge is 0.396 e. The lowest BCUT2D eigenvalue weighted by Crippen LogP contribution is -2.24. The molecule has 82 valence electrons. The van der Waals surface area contributed by atoms with E-state index in [1.165, 1.54) is 0 Å². The molecule has 0 amide bonds. The van der Waals surface area contributed by atoms with E-state index in [9.17, 15) is 0 Å². The Morgan fingerprint density at radius 2 is 2.40 bits per heavy atom. The first-order chi connectivity index (χ1) is 7.15. The van der Waals surface area contributed by atoms with Gasteiger partial charge in [0.05, 0.1) is 5.69 Å². The average molecular weight is 227 g/mol. The van der Waals surface area contributed by atoms with E-state index in [-0.39, 0.29) is 0 Å². The fraction of sp³-hybridized carbons (Fsp3) is 0.500. The molecule has 1 fully saturated rings. The Kier molecular flexibility index (Phi) is 2.98. The molecule has 0 radical (unpaired) electrons. The van der Waals surface area contributed by atoms with Gasteiger partial charge in [0, 0.05) is 12.6 Å². The van der Waals surface area contributed by atoms with E-state index in [2.05, 4.69) is 22.2 Å². The van der Waals surface area contributed by atoms with Gasteiger partial charge in [-0.25, -0.2) is 4.98 Å². The van der Waals surface area contributed by atoms with Crippen molar-refractivity contribution in [2.45, 2.75) is 12.5 Å². The van der Waals surface area contributed by atoms with Crippen LogP contribution in [0.15, 0.2) is 12.1 Å². The number of halogens is 1. The minimum absolute atomic E-state index is 0.420. The van der Waals surface area contributed by atoms with Crippen molar-refractivity contribution < 1.29 is 0 Å². The van der Waals surface area contributed by atoms with Gasteiger partial charge in [-0.3, -0.25) is 0 Å². The monoisotopic (exact) mass is 226 g/mol. The molecule has 1 unspecified atom stereocenters. The summed E-state index contributed by atoms with van der Waals surface area (Å²) >= 11 is 5.81. The molecule has 2 heterocycles. The van der Waals surface area contributed by atoms with E-state index in [1.807, 2.05) is 0 Å². The van der Waals surface area contributed by atoms with Gasteiger partial charge in [0.15, 0.2) is 5.82 Å². The smallest absolute Gasteiger partial charge is 0.151 e. The fourth-order valence-corrected chi connectivity index (χ4v) is 1.96. The molecular formula is C10H15ClN4. The number of nitrogens with one attached hydrogen (secondary N) is 1. The second-order valence-electron chi connectivity index (χ2n) is 3.96. The van der Waals surface area contributed by atoms with Crippen LogP contribution in [-0.4, -0.2) is 36.1 Å². The van der Waals surface area contributed by atoms with Crippen molar-refractivity contribution in [1.82, 2.24) is 9.88 Å².